The third-order valence-electron chi connectivity index (χ3n) is 11.9. The predicted octanol–water partition coefficient (Wildman–Crippen LogP) is 3.27. The number of aromatic nitrogens is 5. The van der Waals surface area contributed by atoms with Crippen LogP contribution in [0.1, 0.15) is 97.4 Å². The van der Waals surface area contributed by atoms with Crippen LogP contribution in [0.15, 0.2) is 52.8 Å². The number of halogens is 2. The Bertz CT molecular complexity index is 2280. The Morgan fingerprint density at radius 3 is 2.32 bits per heavy atom. The van der Waals surface area contributed by atoms with E-state index in [1.165, 1.54) is 6.07 Å². The fourth-order valence-electron chi connectivity index (χ4n) is 8.50. The highest BCUT2D eigenvalue weighted by atomic mass is 19.1. The monoisotopic (exact) mass is 906 g/mol. The number of aliphatic hydroxyl groups is 3. The summed E-state index contributed by atoms with van der Waals surface area (Å²) in [5.74, 6) is 1.11. The fourth-order valence-corrected chi connectivity index (χ4v) is 8.50. The van der Waals surface area contributed by atoms with E-state index < -0.39 is 54.8 Å². The van der Waals surface area contributed by atoms with Crippen molar-refractivity contribution in [2.75, 3.05) is 47.3 Å². The Morgan fingerprint density at radius 1 is 0.938 bits per heavy atom. The number of anilines is 4. The van der Waals surface area contributed by atoms with Crippen molar-refractivity contribution in [2.45, 2.75) is 134 Å². The van der Waals surface area contributed by atoms with Crippen molar-refractivity contribution < 1.29 is 28.8 Å². The smallest absolute Gasteiger partial charge is 0.222 e. The van der Waals surface area contributed by atoms with Gasteiger partial charge in [-0.1, -0.05) is 26.7 Å². The number of unbranched alkanes of at least 4 members (excludes halogenated alkanes) is 1. The first-order chi connectivity index (χ1) is 31.3. The van der Waals surface area contributed by atoms with Gasteiger partial charge >= 0.3 is 0 Å². The Hall–Kier alpha value is -5.61. The van der Waals surface area contributed by atoms with Crippen LogP contribution < -0.4 is 47.7 Å². The molecule has 4 aromatic rings. The molecule has 12 N–H and O–H groups in total. The summed E-state index contributed by atoms with van der Waals surface area (Å²) >= 11 is 0. The Kier molecular flexibility index (Phi) is 16.6. The molecule has 2 aliphatic heterocycles. The number of nitrogen functional groups attached to an aromatic ring is 1. The number of hydrogen-bond donors (Lipinski definition) is 9. The molecule has 0 fully saturated rings. The van der Waals surface area contributed by atoms with E-state index in [2.05, 4.69) is 47.8 Å². The number of aliphatic hydroxyl groups excluding tert-OH is 3. The molecule has 8 atom stereocenters. The highest BCUT2D eigenvalue weighted by Crippen LogP contribution is 2.35. The number of amidine groups is 2. The predicted molar refractivity (Wildman–Crippen MR) is 249 cm³/mol. The van der Waals surface area contributed by atoms with Crippen LogP contribution in [0.25, 0.3) is 11.0 Å². The standard InChI is InChI=1S/C44H65F2N15O4/c1-6-9-13-30(34(64)20-45)54-39-36-32(17-26(46)21-51-36)61(43(49)58-39)28(7-2)18-27(23-62)53-38-37-33(19-29(22-52-37)65-8-3)60(42(48)57-38)25(4)12-10-15-44(5,24-63)59-40-35-31(14-11-16-50-35)55-41(47)56-40/h11,14,16-17,19,21-22,25,27-28,30,34,42-43,62-64H,6-10,12-13,15,18,20,23-24,48-49H2,1-5H3,(H,53,57)(H,54,58)(H3,47,55,56,59)/t25?,27-,28?,30-,34?,42?,43?,44-/m1/s1. The first-order valence-corrected chi connectivity index (χ1v) is 22.4. The van der Waals surface area contributed by atoms with E-state index in [1.54, 1.807) is 29.4 Å². The van der Waals surface area contributed by atoms with Gasteiger partial charge in [-0.05, 0) is 71.4 Å². The van der Waals surface area contributed by atoms with Crippen LogP contribution in [-0.4, -0.2) is 127 Å². The zero-order valence-electron chi connectivity index (χ0n) is 37.8. The number of rotatable bonds is 22. The number of pyridine rings is 3. The molecule has 21 heteroatoms. The molecule has 0 spiro atoms. The van der Waals surface area contributed by atoms with E-state index in [4.69, 9.17) is 31.9 Å². The number of nitrogens with two attached hydrogens (primary N) is 3. The zero-order chi connectivity index (χ0) is 46.8. The minimum Gasteiger partial charge on any atom is -0.492 e. The first kappa shape index (κ1) is 48.8. The van der Waals surface area contributed by atoms with Crippen LogP contribution in [-0.2, 0) is 0 Å². The van der Waals surface area contributed by atoms with Crippen molar-refractivity contribution >= 4 is 45.8 Å². The molecule has 0 saturated carbocycles. The average Bonchev–Trinajstić information content (AvgIpc) is 3.28. The molecule has 6 heterocycles. The fraction of sp³-hybridized carbons (Fsp3) is 0.568. The Labute approximate surface area is 378 Å². The summed E-state index contributed by atoms with van der Waals surface area (Å²) in [6, 6.07) is 4.98. The second-order valence-electron chi connectivity index (χ2n) is 16.9. The molecule has 0 bridgehead atoms. The quantitative estimate of drug-likeness (QED) is 0.0547. The molecular weight excluding hydrogens is 841 g/mol. The van der Waals surface area contributed by atoms with E-state index in [1.807, 2.05) is 38.7 Å². The third-order valence-corrected chi connectivity index (χ3v) is 11.9. The highest BCUT2D eigenvalue weighted by Gasteiger charge is 2.37. The Balaban J connectivity index is 1.19. The molecule has 2 aliphatic rings. The highest BCUT2D eigenvalue weighted by molar-refractivity contribution is 6.04. The summed E-state index contributed by atoms with van der Waals surface area (Å²) in [7, 11) is 0. The van der Waals surface area contributed by atoms with Gasteiger partial charge in [0.1, 0.15) is 41.2 Å². The van der Waals surface area contributed by atoms with E-state index >= 15 is 0 Å². The van der Waals surface area contributed by atoms with Crippen molar-refractivity contribution in [1.29, 1.82) is 0 Å². The lowest BCUT2D eigenvalue weighted by molar-refractivity contribution is 0.102. The lowest BCUT2D eigenvalue weighted by atomic mass is 9.93. The number of fused-ring (bicyclic) bond motifs is 3. The van der Waals surface area contributed by atoms with Gasteiger partial charge in [0.25, 0.3) is 0 Å². The molecule has 65 heavy (non-hydrogen) atoms. The summed E-state index contributed by atoms with van der Waals surface area (Å²) in [5, 5.41) is 41.8. The van der Waals surface area contributed by atoms with Crippen molar-refractivity contribution in [3.05, 3.63) is 60.1 Å². The van der Waals surface area contributed by atoms with Crippen LogP contribution in [0.5, 0.6) is 5.75 Å². The molecule has 0 saturated heterocycles. The summed E-state index contributed by atoms with van der Waals surface area (Å²) in [6.07, 6.45) is 5.99. The van der Waals surface area contributed by atoms with Crippen LogP contribution >= 0.6 is 0 Å². The minimum atomic E-state index is -1.29. The van der Waals surface area contributed by atoms with Gasteiger partial charge in [-0.2, -0.15) is 4.98 Å². The van der Waals surface area contributed by atoms with Crippen LogP contribution in [0.4, 0.5) is 31.9 Å². The van der Waals surface area contributed by atoms with Gasteiger partial charge in [0.15, 0.2) is 30.1 Å². The number of aliphatic imine (C=N–C) groups is 2. The number of alkyl halides is 1. The van der Waals surface area contributed by atoms with Crippen molar-refractivity contribution in [1.82, 2.24) is 35.6 Å². The summed E-state index contributed by atoms with van der Waals surface area (Å²) in [5.41, 5.74) is 21.8. The molecule has 4 aromatic heterocycles. The second-order valence-corrected chi connectivity index (χ2v) is 16.9. The second kappa shape index (κ2) is 22.1. The lowest BCUT2D eigenvalue weighted by Gasteiger charge is -2.42. The number of ether oxygens (including phenoxy) is 1. The molecule has 6 rings (SSSR count). The first-order valence-electron chi connectivity index (χ1n) is 22.4. The normalized spacial score (nSPS) is 19.2. The summed E-state index contributed by atoms with van der Waals surface area (Å²) in [6.45, 7) is 8.78. The molecule has 5 unspecified atom stereocenters. The van der Waals surface area contributed by atoms with Gasteiger partial charge in [0, 0.05) is 30.4 Å². The van der Waals surface area contributed by atoms with E-state index in [-0.39, 0.29) is 31.0 Å². The average molecular weight is 906 g/mol. The maximum atomic E-state index is 15.0. The molecular formula is C44H65F2N15O4. The number of hydrogen-bond acceptors (Lipinski definition) is 19. The van der Waals surface area contributed by atoms with E-state index in [9.17, 15) is 24.1 Å². The van der Waals surface area contributed by atoms with Crippen molar-refractivity contribution in [3.63, 3.8) is 0 Å². The topological polar surface area (TPSA) is 280 Å². The molecule has 354 valence electrons. The van der Waals surface area contributed by atoms with Gasteiger partial charge < -0.3 is 51.5 Å². The van der Waals surface area contributed by atoms with Gasteiger partial charge in [0.05, 0.1) is 66.7 Å². The molecule has 0 amide bonds. The maximum Gasteiger partial charge on any atom is 0.222 e. The largest absolute Gasteiger partial charge is 0.492 e. The molecule has 0 aliphatic carbocycles. The number of nitrogens with zero attached hydrogens (tertiary/aromatic N) is 9. The van der Waals surface area contributed by atoms with Gasteiger partial charge in [-0.25, -0.2) is 33.7 Å². The molecule has 19 nitrogen and oxygen atoms in total. The van der Waals surface area contributed by atoms with Crippen LogP contribution in [0.3, 0.4) is 0 Å². The van der Waals surface area contributed by atoms with Gasteiger partial charge in [-0.3, -0.25) is 16.5 Å². The maximum absolute atomic E-state index is 15.0. The van der Waals surface area contributed by atoms with Crippen LogP contribution in [0.2, 0.25) is 0 Å². The summed E-state index contributed by atoms with van der Waals surface area (Å²) in [4.78, 5) is 35.6. The third kappa shape index (κ3) is 11.4. The van der Waals surface area contributed by atoms with Crippen molar-refractivity contribution in [2.24, 2.45) is 21.5 Å². The minimum absolute atomic E-state index is 0.0962. The summed E-state index contributed by atoms with van der Waals surface area (Å²) < 4.78 is 34.5. The van der Waals surface area contributed by atoms with Gasteiger partial charge in [-0.15, -0.1) is 0 Å². The molecule has 0 radical (unpaired) electrons. The van der Waals surface area contributed by atoms with Crippen LogP contribution in [0, 0.1) is 5.82 Å². The van der Waals surface area contributed by atoms with E-state index in [0.717, 1.165) is 19.0 Å². The SMILES string of the molecule is CCCC[C@@H](NC1=NC(N)N(C(CC)C[C@H](CO)NC2=NC(N)N(C(C)CCC[C@](C)(CO)Nc3nc(N)nc4cccnc34)c3cc(OCC)cnc32)c2cc(F)cnc21)C(O)CF. The zero-order valence-corrected chi connectivity index (χ0v) is 37.8. The van der Waals surface area contributed by atoms with Crippen molar-refractivity contribution in [3.8, 4) is 5.75 Å². The van der Waals surface area contributed by atoms with E-state index in [0.29, 0.717) is 96.3 Å². The van der Waals surface area contributed by atoms with Gasteiger partial charge in [0.2, 0.25) is 5.95 Å². The Morgan fingerprint density at radius 2 is 1.65 bits per heavy atom. The number of nitrogens with one attached hydrogen (secondary N) is 3. The lowest BCUT2D eigenvalue weighted by Crippen LogP contribution is -2.56. The molecule has 0 aromatic carbocycles.